The van der Waals surface area contributed by atoms with Gasteiger partial charge in [-0.2, -0.15) is 5.10 Å². The van der Waals surface area contributed by atoms with Gasteiger partial charge in [0.2, 0.25) is 0 Å². The summed E-state index contributed by atoms with van der Waals surface area (Å²) in [4.78, 5) is 2.51. The minimum absolute atomic E-state index is 0.0181. The number of benzene rings is 1. The van der Waals surface area contributed by atoms with Crippen LogP contribution in [0.1, 0.15) is 12.5 Å². The van der Waals surface area contributed by atoms with Gasteiger partial charge in [0.25, 0.3) is 0 Å². The number of ether oxygens (including phenoxy) is 1. The Morgan fingerprint density at radius 2 is 2.12 bits per heavy atom. The lowest BCUT2D eigenvalue weighted by Gasteiger charge is -2.35. The molecule has 0 saturated carbocycles. The van der Waals surface area contributed by atoms with Crippen LogP contribution < -0.4 is 4.90 Å². The highest BCUT2D eigenvalue weighted by molar-refractivity contribution is 7.91. The van der Waals surface area contributed by atoms with E-state index in [2.05, 4.69) is 10.00 Å². The van der Waals surface area contributed by atoms with Crippen LogP contribution in [0.2, 0.25) is 0 Å². The molecule has 1 aromatic heterocycles. The van der Waals surface area contributed by atoms with Crippen LogP contribution in [0.15, 0.2) is 41.6 Å². The Morgan fingerprint density at radius 3 is 2.83 bits per heavy atom. The average Bonchev–Trinajstić information content (AvgIpc) is 3.00. The van der Waals surface area contributed by atoms with Crippen LogP contribution in [0.25, 0.3) is 0 Å². The predicted molar refractivity (Wildman–Crippen MR) is 93.1 cm³/mol. The number of para-hydroxylation sites is 1. The molecule has 3 rings (SSSR count). The molecule has 0 spiro atoms. The second-order valence-electron chi connectivity index (χ2n) is 6.05. The van der Waals surface area contributed by atoms with Crippen LogP contribution in [-0.4, -0.2) is 49.8 Å². The molecule has 1 saturated heterocycles. The van der Waals surface area contributed by atoms with Gasteiger partial charge in [0.15, 0.2) is 9.84 Å². The van der Waals surface area contributed by atoms with Gasteiger partial charge >= 0.3 is 0 Å². The van der Waals surface area contributed by atoms with Crippen molar-refractivity contribution in [1.29, 1.82) is 0 Å². The highest BCUT2D eigenvalue weighted by atomic mass is 32.2. The Kier molecular flexibility index (Phi) is 4.91. The summed E-state index contributed by atoms with van der Waals surface area (Å²) in [7, 11) is -3.25. The van der Waals surface area contributed by atoms with Crippen LogP contribution in [0, 0.1) is 6.92 Å². The predicted octanol–water partition coefficient (Wildman–Crippen LogP) is 1.89. The molecular weight excluding hydrogens is 326 g/mol. The molecular formula is C17H23N3O3S. The third-order valence-corrected chi connectivity index (χ3v) is 5.99. The van der Waals surface area contributed by atoms with E-state index in [-0.39, 0.29) is 11.9 Å². The second kappa shape index (κ2) is 6.94. The van der Waals surface area contributed by atoms with Gasteiger partial charge in [0.1, 0.15) is 0 Å². The fourth-order valence-corrected chi connectivity index (χ4v) is 4.07. The van der Waals surface area contributed by atoms with Crippen molar-refractivity contribution in [2.75, 3.05) is 30.3 Å². The number of aryl methyl sites for hydroxylation is 1. The van der Waals surface area contributed by atoms with Crippen molar-refractivity contribution in [3.8, 4) is 0 Å². The monoisotopic (exact) mass is 349 g/mol. The summed E-state index contributed by atoms with van der Waals surface area (Å²) < 4.78 is 32.5. The number of aromatic nitrogens is 2. The van der Waals surface area contributed by atoms with Crippen molar-refractivity contribution in [1.82, 2.24) is 9.78 Å². The van der Waals surface area contributed by atoms with Gasteiger partial charge in [-0.3, -0.25) is 4.68 Å². The standard InChI is InChI=1S/C17H23N3O3S/c1-3-24(21,22)17-7-5-4-6-16(17)19-8-9-23-15(12-19)13-20-11-14(2)10-18-20/h4-7,10-11,15H,3,8-9,12-13H2,1-2H3. The summed E-state index contributed by atoms with van der Waals surface area (Å²) >= 11 is 0. The molecule has 7 heteroatoms. The molecule has 1 fully saturated rings. The van der Waals surface area contributed by atoms with E-state index in [1.54, 1.807) is 19.1 Å². The zero-order valence-electron chi connectivity index (χ0n) is 14.1. The van der Waals surface area contributed by atoms with Crippen molar-refractivity contribution < 1.29 is 13.2 Å². The molecule has 0 bridgehead atoms. The van der Waals surface area contributed by atoms with E-state index < -0.39 is 9.84 Å². The molecule has 1 unspecified atom stereocenters. The van der Waals surface area contributed by atoms with Gasteiger partial charge in [-0.1, -0.05) is 19.1 Å². The lowest BCUT2D eigenvalue weighted by Crippen LogP contribution is -2.44. The van der Waals surface area contributed by atoms with Crippen LogP contribution in [0.3, 0.4) is 0 Å². The van der Waals surface area contributed by atoms with Crippen LogP contribution in [-0.2, 0) is 21.1 Å². The number of nitrogens with zero attached hydrogens (tertiary/aromatic N) is 3. The summed E-state index contributed by atoms with van der Waals surface area (Å²) in [5.41, 5.74) is 1.88. The fraction of sp³-hybridized carbons (Fsp3) is 0.471. The molecule has 2 heterocycles. The number of rotatable bonds is 5. The Bertz CT molecular complexity index is 801. The molecule has 6 nitrogen and oxygen atoms in total. The molecule has 0 aliphatic carbocycles. The quantitative estimate of drug-likeness (QED) is 0.825. The van der Waals surface area contributed by atoms with E-state index in [9.17, 15) is 8.42 Å². The van der Waals surface area contributed by atoms with Crippen LogP contribution in [0.5, 0.6) is 0 Å². The molecule has 130 valence electrons. The van der Waals surface area contributed by atoms with E-state index in [0.717, 1.165) is 11.3 Å². The first-order chi connectivity index (χ1) is 11.5. The first-order valence-corrected chi connectivity index (χ1v) is 9.82. The molecule has 2 aromatic rings. The second-order valence-corrected chi connectivity index (χ2v) is 8.30. The normalized spacial score (nSPS) is 18.8. The molecule has 0 amide bonds. The molecule has 1 atom stereocenters. The SMILES string of the molecule is CCS(=O)(=O)c1ccccc1N1CCOC(Cn2cc(C)cn2)C1. The zero-order valence-corrected chi connectivity index (χ0v) is 14.9. The maximum absolute atomic E-state index is 12.4. The smallest absolute Gasteiger partial charge is 0.180 e. The number of sulfone groups is 1. The van der Waals surface area contributed by atoms with Gasteiger partial charge in [0.05, 0.1) is 41.8 Å². The van der Waals surface area contributed by atoms with E-state index >= 15 is 0 Å². The Morgan fingerprint density at radius 1 is 1.33 bits per heavy atom. The number of anilines is 1. The van der Waals surface area contributed by atoms with Crippen molar-refractivity contribution in [3.05, 3.63) is 42.2 Å². The zero-order chi connectivity index (χ0) is 17.2. The molecule has 0 N–H and O–H groups in total. The lowest BCUT2D eigenvalue weighted by molar-refractivity contribution is 0.0272. The Balaban J connectivity index is 1.80. The van der Waals surface area contributed by atoms with E-state index in [1.165, 1.54) is 0 Å². The number of hydrogen-bond donors (Lipinski definition) is 0. The number of morpholine rings is 1. The van der Waals surface area contributed by atoms with Gasteiger partial charge in [-0.25, -0.2) is 8.42 Å². The van der Waals surface area contributed by atoms with E-state index in [1.807, 2.05) is 36.1 Å². The summed E-state index contributed by atoms with van der Waals surface area (Å²) in [5, 5.41) is 4.30. The third-order valence-electron chi connectivity index (χ3n) is 4.21. The van der Waals surface area contributed by atoms with Crippen LogP contribution >= 0.6 is 0 Å². The first-order valence-electron chi connectivity index (χ1n) is 8.17. The molecule has 1 aromatic carbocycles. The maximum Gasteiger partial charge on any atom is 0.180 e. The average molecular weight is 349 g/mol. The minimum Gasteiger partial charge on any atom is -0.373 e. The summed E-state index contributed by atoms with van der Waals surface area (Å²) in [6, 6.07) is 7.22. The molecule has 1 aliphatic heterocycles. The van der Waals surface area contributed by atoms with E-state index in [4.69, 9.17) is 4.74 Å². The summed E-state index contributed by atoms with van der Waals surface area (Å²) in [6.45, 7) is 6.25. The van der Waals surface area contributed by atoms with Crippen molar-refractivity contribution >= 4 is 15.5 Å². The molecule has 24 heavy (non-hydrogen) atoms. The van der Waals surface area contributed by atoms with Gasteiger partial charge < -0.3 is 9.64 Å². The Labute approximate surface area is 143 Å². The van der Waals surface area contributed by atoms with Gasteiger partial charge in [-0.05, 0) is 24.6 Å². The molecule has 0 radical (unpaired) electrons. The van der Waals surface area contributed by atoms with Gasteiger partial charge in [-0.15, -0.1) is 0 Å². The number of hydrogen-bond acceptors (Lipinski definition) is 5. The summed E-state index contributed by atoms with van der Waals surface area (Å²) in [6.07, 6.45) is 3.79. The largest absolute Gasteiger partial charge is 0.373 e. The fourth-order valence-electron chi connectivity index (χ4n) is 2.96. The third kappa shape index (κ3) is 3.62. The minimum atomic E-state index is -3.25. The first kappa shape index (κ1) is 17.0. The Hall–Kier alpha value is -1.86. The van der Waals surface area contributed by atoms with Crippen LogP contribution in [0.4, 0.5) is 5.69 Å². The topological polar surface area (TPSA) is 64.4 Å². The maximum atomic E-state index is 12.4. The van der Waals surface area contributed by atoms with Crippen molar-refractivity contribution in [3.63, 3.8) is 0 Å². The highest BCUT2D eigenvalue weighted by Crippen LogP contribution is 2.27. The summed E-state index contributed by atoms with van der Waals surface area (Å²) in [5.74, 6) is 0.102. The van der Waals surface area contributed by atoms with Crippen molar-refractivity contribution in [2.24, 2.45) is 0 Å². The lowest BCUT2D eigenvalue weighted by atomic mass is 10.2. The van der Waals surface area contributed by atoms with E-state index in [0.29, 0.717) is 31.1 Å². The van der Waals surface area contributed by atoms with Crippen molar-refractivity contribution in [2.45, 2.75) is 31.4 Å². The van der Waals surface area contributed by atoms with Gasteiger partial charge in [0, 0.05) is 19.3 Å². The highest BCUT2D eigenvalue weighted by Gasteiger charge is 2.26. The molecule has 1 aliphatic rings.